The van der Waals surface area contributed by atoms with Gasteiger partial charge in [-0.05, 0) is 36.6 Å². The molecule has 6 heteroatoms. The van der Waals surface area contributed by atoms with Gasteiger partial charge in [0.2, 0.25) is 0 Å². The van der Waals surface area contributed by atoms with Crippen LogP contribution in [0.15, 0.2) is 34.4 Å². The Morgan fingerprint density at radius 1 is 1.32 bits per heavy atom. The normalized spacial score (nSPS) is 22.0. The highest BCUT2D eigenvalue weighted by molar-refractivity contribution is 6.24. The van der Waals surface area contributed by atoms with Crippen LogP contribution in [0.3, 0.4) is 0 Å². The molecule has 134 valence electrons. The largest absolute Gasteiger partial charge is 0.346 e. The molecule has 0 spiro atoms. The summed E-state index contributed by atoms with van der Waals surface area (Å²) in [5.41, 5.74) is 1.44. The number of amides is 1. The van der Waals surface area contributed by atoms with Gasteiger partial charge in [0.25, 0.3) is 5.91 Å². The molecule has 0 unspecified atom stereocenters. The molecule has 2 N–H and O–H groups in total. The molecule has 0 aromatic heterocycles. The number of carbonyl (C=O) groups excluding carboxylic acids is 1. The lowest BCUT2D eigenvalue weighted by molar-refractivity contribution is -0.664. The van der Waals surface area contributed by atoms with E-state index in [0.717, 1.165) is 25.1 Å². The molecule has 1 atom stereocenters. The highest BCUT2D eigenvalue weighted by Crippen LogP contribution is 2.25. The highest BCUT2D eigenvalue weighted by Gasteiger charge is 2.35. The van der Waals surface area contributed by atoms with Crippen molar-refractivity contribution in [3.8, 4) is 0 Å². The van der Waals surface area contributed by atoms with Gasteiger partial charge in [0.05, 0.1) is 24.5 Å². The summed E-state index contributed by atoms with van der Waals surface area (Å²) in [5.74, 6) is -0.190. The number of nitrogens with two attached hydrogens (primary N) is 1. The summed E-state index contributed by atoms with van der Waals surface area (Å²) in [5, 5.41) is 8.21. The minimum absolute atomic E-state index is 0.101. The summed E-state index contributed by atoms with van der Waals surface area (Å²) in [6.45, 7) is 5.20. The third-order valence-corrected chi connectivity index (χ3v) is 4.82. The van der Waals surface area contributed by atoms with Crippen LogP contribution in [0.4, 0.5) is 10.1 Å². The van der Waals surface area contributed by atoms with E-state index in [-0.39, 0.29) is 17.6 Å². The fourth-order valence-corrected chi connectivity index (χ4v) is 3.39. The van der Waals surface area contributed by atoms with Crippen molar-refractivity contribution in [2.75, 3.05) is 24.6 Å². The number of rotatable bonds is 6. The van der Waals surface area contributed by atoms with Crippen molar-refractivity contribution < 1.29 is 14.5 Å². The quantitative estimate of drug-likeness (QED) is 0.788. The molecule has 3 rings (SSSR count). The number of nitrogens with zero attached hydrogens (tertiary/aromatic N) is 3. The van der Waals surface area contributed by atoms with E-state index in [9.17, 15) is 9.18 Å². The van der Waals surface area contributed by atoms with Crippen molar-refractivity contribution in [2.24, 2.45) is 21.9 Å². The Balaban J connectivity index is 1.70. The smallest absolute Gasteiger partial charge is 0.261 e. The van der Waals surface area contributed by atoms with E-state index < -0.39 is 0 Å². The van der Waals surface area contributed by atoms with Crippen LogP contribution < -0.4 is 10.3 Å². The van der Waals surface area contributed by atoms with Crippen LogP contribution in [-0.2, 0) is 4.79 Å². The van der Waals surface area contributed by atoms with E-state index in [1.807, 2.05) is 0 Å². The second-order valence-electron chi connectivity index (χ2n) is 6.77. The average molecular weight is 345 g/mol. The van der Waals surface area contributed by atoms with Gasteiger partial charge in [-0.25, -0.2) is 4.39 Å². The first-order valence-electron chi connectivity index (χ1n) is 9.17. The van der Waals surface area contributed by atoms with Crippen molar-refractivity contribution in [1.82, 2.24) is 0 Å². The third kappa shape index (κ3) is 4.31. The number of hydrazone groups is 1. The lowest BCUT2D eigenvalue weighted by atomic mass is 9.98. The van der Waals surface area contributed by atoms with Crippen LogP contribution in [0, 0.1) is 17.7 Å². The Bertz CT molecular complexity index is 650. The third-order valence-electron chi connectivity index (χ3n) is 4.82. The van der Waals surface area contributed by atoms with Crippen molar-refractivity contribution in [1.29, 1.82) is 0 Å². The molecule has 2 aliphatic rings. The van der Waals surface area contributed by atoms with Gasteiger partial charge in [-0.15, -0.1) is 0 Å². The van der Waals surface area contributed by atoms with E-state index in [1.165, 1.54) is 43.1 Å². The van der Waals surface area contributed by atoms with Gasteiger partial charge in [-0.1, -0.05) is 13.3 Å². The van der Waals surface area contributed by atoms with Gasteiger partial charge in [-0.3, -0.25) is 9.79 Å². The number of carbonyl (C=O) groups is 1. The van der Waals surface area contributed by atoms with E-state index in [4.69, 9.17) is 0 Å². The molecular formula is C19H26FN4O+. The first kappa shape index (κ1) is 17.7. The second-order valence-corrected chi connectivity index (χ2v) is 6.77. The Kier molecular flexibility index (Phi) is 5.91. The number of hydrogen-bond donors (Lipinski definition) is 1. The number of halogens is 1. The maximum atomic E-state index is 13.1. The summed E-state index contributed by atoms with van der Waals surface area (Å²) >= 11 is 0. The molecule has 1 aromatic rings. The maximum Gasteiger partial charge on any atom is 0.261 e. The Labute approximate surface area is 148 Å². The van der Waals surface area contributed by atoms with E-state index >= 15 is 0 Å². The molecule has 25 heavy (non-hydrogen) atoms. The molecular weight excluding hydrogens is 319 g/mol. The van der Waals surface area contributed by atoms with E-state index in [2.05, 4.69) is 22.3 Å². The topological polar surface area (TPSA) is 61.6 Å². The predicted molar refractivity (Wildman–Crippen MR) is 97.5 cm³/mol. The number of quaternary nitrogens is 1. The molecule has 0 bridgehead atoms. The van der Waals surface area contributed by atoms with E-state index in [0.29, 0.717) is 11.6 Å². The van der Waals surface area contributed by atoms with Crippen LogP contribution in [0.5, 0.6) is 0 Å². The molecule has 0 saturated carbocycles. The molecule has 1 amide bonds. The minimum Gasteiger partial charge on any atom is -0.346 e. The zero-order valence-corrected chi connectivity index (χ0v) is 14.7. The number of anilines is 1. The number of piperidine rings is 1. The molecule has 2 aliphatic heterocycles. The summed E-state index contributed by atoms with van der Waals surface area (Å²) < 4.78 is 13.1. The van der Waals surface area contributed by atoms with Gasteiger partial charge in [-0.2, -0.15) is 10.1 Å². The first-order valence-corrected chi connectivity index (χ1v) is 9.17. The fourth-order valence-electron chi connectivity index (χ4n) is 3.39. The van der Waals surface area contributed by atoms with Crippen LogP contribution in [0.2, 0.25) is 0 Å². The summed E-state index contributed by atoms with van der Waals surface area (Å²) in [7, 11) is 0. The predicted octanol–water partition coefficient (Wildman–Crippen LogP) is 1.99. The van der Waals surface area contributed by atoms with Crippen molar-refractivity contribution >= 4 is 23.5 Å². The molecule has 1 aromatic carbocycles. The molecule has 1 fully saturated rings. The number of hydrogen-bond acceptors (Lipinski definition) is 3. The molecule has 0 radical (unpaired) electrons. The zero-order chi connectivity index (χ0) is 17.6. The first-order chi connectivity index (χ1) is 12.2. The second kappa shape index (κ2) is 8.34. The standard InChI is InChI=1S/C19H25FN4O/c1-2-3-18-17(13-22-12-14-8-10-21-11-9-14)19(25)24(23-18)16-6-4-15(20)5-7-16/h4-7,13-14,17,21H,2-3,8-12H2,1H3/p+1/t17-/m0/s1. The van der Waals surface area contributed by atoms with Crippen LogP contribution in [0.25, 0.3) is 0 Å². The molecule has 0 aliphatic carbocycles. The summed E-state index contributed by atoms with van der Waals surface area (Å²) in [4.78, 5) is 17.4. The SMILES string of the molecule is CCCC1=NN(c2ccc(F)cc2)C(=O)[C@H]1C=NCC1CC[NH2+]CC1. The fraction of sp³-hybridized carbons (Fsp3) is 0.526. The summed E-state index contributed by atoms with van der Waals surface area (Å²) in [6.07, 6.45) is 5.84. The van der Waals surface area contributed by atoms with Crippen LogP contribution in [0.1, 0.15) is 32.6 Å². The average Bonchev–Trinajstić information content (AvgIpc) is 2.93. The lowest BCUT2D eigenvalue weighted by Crippen LogP contribution is -2.86. The van der Waals surface area contributed by atoms with Gasteiger partial charge in [0.1, 0.15) is 11.7 Å². The Hall–Kier alpha value is -2.08. The molecule has 1 saturated heterocycles. The zero-order valence-electron chi connectivity index (χ0n) is 14.7. The van der Waals surface area contributed by atoms with Crippen molar-refractivity contribution in [2.45, 2.75) is 32.6 Å². The Morgan fingerprint density at radius 3 is 2.72 bits per heavy atom. The van der Waals surface area contributed by atoms with Gasteiger partial charge in [0.15, 0.2) is 0 Å². The minimum atomic E-state index is -0.389. The molecule has 2 heterocycles. The molecule has 5 nitrogen and oxygen atoms in total. The summed E-state index contributed by atoms with van der Waals surface area (Å²) in [6, 6.07) is 5.86. The Morgan fingerprint density at radius 2 is 2.04 bits per heavy atom. The van der Waals surface area contributed by atoms with Crippen LogP contribution in [-0.4, -0.2) is 37.5 Å². The van der Waals surface area contributed by atoms with Crippen LogP contribution >= 0.6 is 0 Å². The van der Waals surface area contributed by atoms with Gasteiger partial charge in [0, 0.05) is 25.6 Å². The van der Waals surface area contributed by atoms with Gasteiger partial charge >= 0.3 is 0 Å². The van der Waals surface area contributed by atoms with Crippen molar-refractivity contribution in [3.05, 3.63) is 30.1 Å². The highest BCUT2D eigenvalue weighted by atomic mass is 19.1. The monoisotopic (exact) mass is 345 g/mol. The number of benzene rings is 1. The van der Waals surface area contributed by atoms with E-state index in [1.54, 1.807) is 18.3 Å². The number of aliphatic imine (C=N–C) groups is 1. The van der Waals surface area contributed by atoms with Gasteiger partial charge < -0.3 is 5.32 Å². The lowest BCUT2D eigenvalue weighted by Gasteiger charge is -2.18. The van der Waals surface area contributed by atoms with Crippen molar-refractivity contribution in [3.63, 3.8) is 0 Å². The maximum absolute atomic E-state index is 13.1.